The normalized spacial score (nSPS) is 11.8. The van der Waals surface area contributed by atoms with Crippen LogP contribution in [0.15, 0.2) is 0 Å². The molecule has 9 N–H and O–H groups in total. The zero-order valence-electron chi connectivity index (χ0n) is 6.59. The van der Waals surface area contributed by atoms with Crippen LogP contribution < -0.4 is 0 Å². The van der Waals surface area contributed by atoms with Gasteiger partial charge < -0.3 is 44.0 Å². The third-order valence-corrected chi connectivity index (χ3v) is 0. The molecule has 0 aromatic carbocycles. The van der Waals surface area contributed by atoms with Gasteiger partial charge in [0, 0.05) is 0 Å². The molecule has 0 rings (SSSR count). The Morgan fingerprint density at radius 3 is 0.600 bits per heavy atom. The van der Waals surface area contributed by atoms with Gasteiger partial charge in [-0.15, -0.1) is 0 Å². The van der Waals surface area contributed by atoms with Gasteiger partial charge in [0.05, 0.1) is 0 Å². The van der Waals surface area contributed by atoms with Gasteiger partial charge in [-0.1, -0.05) is 0 Å². The minimum atomic E-state index is -4.64. The van der Waals surface area contributed by atoms with Gasteiger partial charge in [-0.25, -0.2) is 9.13 Å². The van der Waals surface area contributed by atoms with E-state index in [1.807, 2.05) is 0 Å². The first-order chi connectivity index (χ1) is 6.00. The molecule has 0 radical (unpaired) electrons. The molecule has 11 nitrogen and oxygen atoms in total. The largest absolute Gasteiger partial charge is 0.466 e. The second kappa shape index (κ2) is 7.93. The standard InChI is InChI=1S/2H3O4P.H3O3PS/c2*1-5(2,3)4;1-4(2,3)5/h2*(H3,1,2,3,4);(H3,1,2,3,5). The van der Waals surface area contributed by atoms with Crippen molar-refractivity contribution in [3.05, 3.63) is 0 Å². The van der Waals surface area contributed by atoms with Gasteiger partial charge in [-0.05, 0) is 11.8 Å². The molecule has 0 atom stereocenters. The Balaban J connectivity index is -0.000000144. The molecule has 0 fully saturated rings. The van der Waals surface area contributed by atoms with Crippen molar-refractivity contribution in [2.75, 3.05) is 0 Å². The topological polar surface area (TPSA) is 216 Å². The van der Waals surface area contributed by atoms with E-state index in [0.29, 0.717) is 0 Å². The van der Waals surface area contributed by atoms with E-state index in [4.69, 9.17) is 53.2 Å². The van der Waals surface area contributed by atoms with Gasteiger partial charge in [-0.2, -0.15) is 0 Å². The number of phosphoric acid groups is 2. The fourth-order valence-corrected chi connectivity index (χ4v) is 0. The van der Waals surface area contributed by atoms with Crippen molar-refractivity contribution in [3.8, 4) is 0 Å². The van der Waals surface area contributed by atoms with Crippen molar-refractivity contribution in [2.24, 2.45) is 0 Å². The van der Waals surface area contributed by atoms with Gasteiger partial charge >= 0.3 is 22.4 Å². The van der Waals surface area contributed by atoms with Crippen molar-refractivity contribution in [1.29, 1.82) is 0 Å². The second-order valence-electron chi connectivity index (χ2n) is 1.54. The van der Waals surface area contributed by atoms with Crippen molar-refractivity contribution >= 4 is 34.2 Å². The van der Waals surface area contributed by atoms with E-state index >= 15 is 0 Å². The third kappa shape index (κ3) is 4260. The van der Waals surface area contributed by atoms with E-state index in [2.05, 4.69) is 11.8 Å². The Hall–Kier alpha value is 0.750. The van der Waals surface area contributed by atoms with Crippen LogP contribution in [0.25, 0.3) is 0 Å². The highest BCUT2D eigenvalue weighted by Crippen LogP contribution is 2.26. The first-order valence-corrected chi connectivity index (χ1v) is 8.14. The molecule has 0 saturated carbocycles. The minimum absolute atomic E-state index is 3.60. The lowest BCUT2D eigenvalue weighted by Crippen LogP contribution is -1.66. The molecule has 15 heavy (non-hydrogen) atoms. The average Bonchev–Trinajstić information content (AvgIpc) is 1.41. The van der Waals surface area contributed by atoms with Crippen LogP contribution in [0.3, 0.4) is 0 Å². The van der Waals surface area contributed by atoms with E-state index in [1.54, 1.807) is 0 Å². The first kappa shape index (κ1) is 21.1. The van der Waals surface area contributed by atoms with E-state index in [9.17, 15) is 0 Å². The van der Waals surface area contributed by atoms with Crippen LogP contribution in [0.1, 0.15) is 0 Å². The van der Waals surface area contributed by atoms with Crippen LogP contribution in [0.2, 0.25) is 0 Å². The SMILES string of the molecule is O=P(O)(O)O.O=P(O)(O)O.OP(O)(O)=S. The van der Waals surface area contributed by atoms with Crippen LogP contribution in [-0.2, 0) is 20.9 Å². The van der Waals surface area contributed by atoms with E-state index < -0.39 is 22.4 Å². The van der Waals surface area contributed by atoms with Crippen LogP contribution in [0.4, 0.5) is 0 Å². The number of rotatable bonds is 0. The summed E-state index contributed by atoms with van der Waals surface area (Å²) in [5.74, 6) is 0. The van der Waals surface area contributed by atoms with E-state index in [1.165, 1.54) is 0 Å². The van der Waals surface area contributed by atoms with Crippen molar-refractivity contribution in [2.45, 2.75) is 0 Å². The van der Waals surface area contributed by atoms with Gasteiger partial charge in [-0.3, -0.25) is 0 Å². The highest BCUT2D eigenvalue weighted by atomic mass is 32.5. The lowest BCUT2D eigenvalue weighted by atomic mass is 15.8. The maximum absolute atomic E-state index is 8.88. The fraction of sp³-hybridized carbons (Fsp3) is 0. The van der Waals surface area contributed by atoms with Gasteiger partial charge in [0.1, 0.15) is 0 Å². The Labute approximate surface area is 88.0 Å². The molecule has 0 aliphatic carbocycles. The molecule has 0 saturated heterocycles. The molecule has 0 aliphatic rings. The zero-order valence-corrected chi connectivity index (χ0v) is 10.1. The minimum Gasteiger partial charge on any atom is -0.325 e. The zero-order chi connectivity index (χ0) is 13.5. The Morgan fingerprint density at radius 1 is 0.600 bits per heavy atom. The average molecular weight is 310 g/mol. The quantitative estimate of drug-likeness (QED) is 0.209. The Morgan fingerprint density at radius 2 is 0.600 bits per heavy atom. The predicted molar refractivity (Wildman–Crippen MR) is 49.5 cm³/mol. The molecule has 0 aromatic heterocycles. The van der Waals surface area contributed by atoms with Crippen molar-refractivity contribution < 1.29 is 53.2 Å². The van der Waals surface area contributed by atoms with Crippen LogP contribution in [0, 0.1) is 0 Å². The molecular weight excluding hydrogens is 301 g/mol. The molecule has 0 heterocycles. The molecule has 96 valence electrons. The van der Waals surface area contributed by atoms with Crippen LogP contribution in [0.5, 0.6) is 0 Å². The Bertz CT molecular complexity index is 202. The van der Waals surface area contributed by atoms with E-state index in [-0.39, 0.29) is 0 Å². The van der Waals surface area contributed by atoms with Crippen LogP contribution >= 0.6 is 22.4 Å². The summed E-state index contributed by atoms with van der Waals surface area (Å²) in [5.41, 5.74) is 0. The lowest BCUT2D eigenvalue weighted by molar-refractivity contribution is 0.272. The Kier molecular flexibility index (Phi) is 11.1. The fourth-order valence-electron chi connectivity index (χ4n) is 0. The molecular formula is H9O11P3S. The molecule has 0 unspecified atom stereocenters. The second-order valence-corrected chi connectivity index (χ2v) is 6.09. The maximum Gasteiger partial charge on any atom is 0.466 e. The summed E-state index contributed by atoms with van der Waals surface area (Å²) in [6, 6.07) is 0. The molecule has 0 aromatic rings. The summed E-state index contributed by atoms with van der Waals surface area (Å²) in [4.78, 5) is 65.8. The number of hydrogen-bond donors (Lipinski definition) is 9. The van der Waals surface area contributed by atoms with Crippen LogP contribution in [-0.4, -0.2) is 44.0 Å². The molecule has 0 aliphatic heterocycles. The lowest BCUT2D eigenvalue weighted by Gasteiger charge is -1.88. The summed E-state index contributed by atoms with van der Waals surface area (Å²) >= 11 is 3.60. The molecule has 15 heteroatoms. The summed E-state index contributed by atoms with van der Waals surface area (Å²) < 4.78 is 17.8. The first-order valence-electron chi connectivity index (χ1n) is 2.35. The van der Waals surface area contributed by atoms with E-state index in [0.717, 1.165) is 0 Å². The summed E-state index contributed by atoms with van der Waals surface area (Å²) in [6.45, 7) is -3.81. The third-order valence-electron chi connectivity index (χ3n) is 0. The van der Waals surface area contributed by atoms with Gasteiger partial charge in [0.2, 0.25) is 0 Å². The number of hydrogen-bond acceptors (Lipinski definition) is 3. The molecule has 0 bridgehead atoms. The summed E-state index contributed by atoms with van der Waals surface area (Å²) in [7, 11) is -9.28. The molecule has 0 amide bonds. The molecule has 0 spiro atoms. The summed E-state index contributed by atoms with van der Waals surface area (Å²) in [5, 5.41) is 0. The monoisotopic (exact) mass is 310 g/mol. The van der Waals surface area contributed by atoms with Gasteiger partial charge in [0.15, 0.2) is 0 Å². The smallest absolute Gasteiger partial charge is 0.325 e. The highest BCUT2D eigenvalue weighted by Gasteiger charge is 2.00. The predicted octanol–water partition coefficient (Wildman–Crippen LogP) is -2.67. The van der Waals surface area contributed by atoms with Gasteiger partial charge in [0.25, 0.3) is 0 Å². The summed E-state index contributed by atoms with van der Waals surface area (Å²) in [6.07, 6.45) is 0. The maximum atomic E-state index is 8.88. The highest BCUT2D eigenvalue weighted by molar-refractivity contribution is 8.06. The van der Waals surface area contributed by atoms with Crippen molar-refractivity contribution in [3.63, 3.8) is 0 Å². The van der Waals surface area contributed by atoms with Crippen molar-refractivity contribution in [1.82, 2.24) is 0 Å².